The van der Waals surface area contributed by atoms with E-state index in [2.05, 4.69) is 9.73 Å². The summed E-state index contributed by atoms with van der Waals surface area (Å²) in [5, 5.41) is 0.189. The van der Waals surface area contributed by atoms with E-state index in [1.165, 1.54) is 25.3 Å². The first-order valence-corrected chi connectivity index (χ1v) is 5.21. The van der Waals surface area contributed by atoms with E-state index in [1.54, 1.807) is 0 Å². The zero-order valence-electron chi connectivity index (χ0n) is 8.89. The van der Waals surface area contributed by atoms with Gasteiger partial charge in [0.05, 0.1) is 12.1 Å². The average Bonchev–Trinajstić information content (AvgIpc) is 2.77. The number of halogens is 2. The van der Waals surface area contributed by atoms with Crippen LogP contribution in [0.15, 0.2) is 23.2 Å². The number of aliphatic imine (C=N–C) groups is 1. The molecule has 0 saturated heterocycles. The van der Waals surface area contributed by atoms with Gasteiger partial charge in [0.25, 0.3) is 0 Å². The molecule has 1 aliphatic heterocycles. The van der Waals surface area contributed by atoms with Crippen LogP contribution >= 0.6 is 11.6 Å². The molecule has 4 nitrogen and oxygen atoms in total. The summed E-state index contributed by atoms with van der Waals surface area (Å²) in [6.07, 6.45) is 0.228. The maximum atomic E-state index is 13.7. The number of methoxy groups -OCH3 is 1. The third-order valence-electron chi connectivity index (χ3n) is 2.44. The second kappa shape index (κ2) is 4.71. The predicted octanol–water partition coefficient (Wildman–Crippen LogP) is 2.12. The van der Waals surface area contributed by atoms with Gasteiger partial charge in [-0.15, -0.1) is 0 Å². The summed E-state index contributed by atoms with van der Waals surface area (Å²) in [6.45, 7) is 0. The number of esters is 1. The van der Waals surface area contributed by atoms with Crippen molar-refractivity contribution in [1.29, 1.82) is 0 Å². The highest BCUT2D eigenvalue weighted by molar-refractivity contribution is 6.31. The summed E-state index contributed by atoms with van der Waals surface area (Å²) in [5.74, 6) is -1.13. The van der Waals surface area contributed by atoms with Crippen LogP contribution in [-0.2, 0) is 14.3 Å². The van der Waals surface area contributed by atoms with E-state index in [9.17, 15) is 9.18 Å². The Morgan fingerprint density at radius 1 is 1.59 bits per heavy atom. The summed E-state index contributed by atoms with van der Waals surface area (Å²) in [6, 6.07) is 3.33. The molecule has 2 rings (SSSR count). The Kier molecular flexibility index (Phi) is 3.28. The summed E-state index contributed by atoms with van der Waals surface area (Å²) in [5.41, 5.74) is 0.113. The van der Waals surface area contributed by atoms with Gasteiger partial charge in [-0.3, -0.25) is 0 Å². The molecular formula is C11H9ClFNO3. The van der Waals surface area contributed by atoms with Crippen molar-refractivity contribution < 1.29 is 18.7 Å². The molecule has 17 heavy (non-hydrogen) atoms. The van der Waals surface area contributed by atoms with Gasteiger partial charge >= 0.3 is 5.97 Å². The average molecular weight is 258 g/mol. The summed E-state index contributed by atoms with van der Waals surface area (Å²) < 4.78 is 23.4. The van der Waals surface area contributed by atoms with Gasteiger partial charge in [-0.05, 0) is 12.1 Å². The van der Waals surface area contributed by atoms with E-state index in [-0.39, 0.29) is 10.6 Å². The topological polar surface area (TPSA) is 47.9 Å². The number of carbonyl (C=O) groups is 1. The van der Waals surface area contributed by atoms with E-state index in [0.717, 1.165) is 6.40 Å². The molecule has 90 valence electrons. The van der Waals surface area contributed by atoms with Crippen LogP contribution in [-0.4, -0.2) is 25.5 Å². The lowest BCUT2D eigenvalue weighted by Gasteiger charge is -2.17. The molecular weight excluding hydrogens is 249 g/mol. The fraction of sp³-hybridized carbons (Fsp3) is 0.273. The molecule has 2 atom stereocenters. The molecule has 1 aromatic carbocycles. The number of ether oxygens (including phenoxy) is 2. The highest BCUT2D eigenvalue weighted by Gasteiger charge is 2.37. The zero-order chi connectivity index (χ0) is 12.4. The maximum Gasteiger partial charge on any atom is 0.334 e. The Labute approximate surface area is 102 Å². The number of carbonyl (C=O) groups excluding carboxylic acids is 1. The van der Waals surface area contributed by atoms with E-state index in [1.807, 2.05) is 0 Å². The van der Waals surface area contributed by atoms with Crippen molar-refractivity contribution in [3.63, 3.8) is 0 Å². The molecule has 1 heterocycles. The molecule has 0 saturated carbocycles. The second-order valence-corrected chi connectivity index (χ2v) is 3.82. The number of hydrogen-bond acceptors (Lipinski definition) is 4. The van der Waals surface area contributed by atoms with Crippen molar-refractivity contribution in [2.75, 3.05) is 7.11 Å². The Hall–Kier alpha value is -1.62. The minimum Gasteiger partial charge on any atom is -0.473 e. The summed E-state index contributed by atoms with van der Waals surface area (Å²) in [4.78, 5) is 15.2. The first-order valence-electron chi connectivity index (χ1n) is 4.84. The van der Waals surface area contributed by atoms with Crippen LogP contribution < -0.4 is 0 Å². The van der Waals surface area contributed by atoms with Crippen molar-refractivity contribution in [3.8, 4) is 0 Å². The molecule has 0 N–H and O–H groups in total. The molecule has 0 spiro atoms. The molecule has 0 bridgehead atoms. The minimum atomic E-state index is -0.922. The van der Waals surface area contributed by atoms with Crippen LogP contribution in [0.5, 0.6) is 0 Å². The van der Waals surface area contributed by atoms with Crippen LogP contribution in [0.25, 0.3) is 0 Å². The maximum absolute atomic E-state index is 13.7. The lowest BCUT2D eigenvalue weighted by Crippen LogP contribution is -2.26. The Morgan fingerprint density at radius 2 is 2.35 bits per heavy atom. The normalized spacial score (nSPS) is 22.3. The van der Waals surface area contributed by atoms with Crippen molar-refractivity contribution >= 4 is 24.0 Å². The number of nitrogens with zero attached hydrogens (tertiary/aromatic N) is 1. The minimum absolute atomic E-state index is 0.113. The fourth-order valence-electron chi connectivity index (χ4n) is 1.63. The number of rotatable bonds is 2. The van der Waals surface area contributed by atoms with E-state index < -0.39 is 23.9 Å². The molecule has 0 unspecified atom stereocenters. The highest BCUT2D eigenvalue weighted by atomic mass is 35.5. The molecule has 1 aliphatic rings. The van der Waals surface area contributed by atoms with Crippen LogP contribution in [0.4, 0.5) is 4.39 Å². The van der Waals surface area contributed by atoms with Crippen LogP contribution in [0.1, 0.15) is 11.7 Å². The molecule has 6 heteroatoms. The molecule has 0 radical (unpaired) electrons. The van der Waals surface area contributed by atoms with E-state index >= 15 is 0 Å². The number of benzene rings is 1. The van der Waals surface area contributed by atoms with Crippen molar-refractivity contribution in [1.82, 2.24) is 0 Å². The standard InChI is InChI=1S/C11H9ClFNO3/c1-16-11(15)9-10(17-5-14-9)8-6(12)3-2-4-7(8)13/h2-5,9-10H,1H3/t9-,10+/m1/s1. The monoisotopic (exact) mass is 257 g/mol. The lowest BCUT2D eigenvalue weighted by molar-refractivity contribution is -0.143. The quantitative estimate of drug-likeness (QED) is 0.763. The zero-order valence-corrected chi connectivity index (χ0v) is 9.65. The molecule has 0 amide bonds. The molecule has 0 fully saturated rings. The Morgan fingerprint density at radius 3 is 3.00 bits per heavy atom. The molecule has 0 aromatic heterocycles. The Balaban J connectivity index is 2.37. The number of hydrogen-bond donors (Lipinski definition) is 0. The lowest BCUT2D eigenvalue weighted by atomic mass is 10.0. The molecule has 1 aromatic rings. The Bertz CT molecular complexity index is 458. The summed E-state index contributed by atoms with van der Waals surface area (Å²) >= 11 is 5.90. The van der Waals surface area contributed by atoms with Gasteiger partial charge in [-0.1, -0.05) is 17.7 Å². The van der Waals surface area contributed by atoms with Crippen LogP contribution in [0.2, 0.25) is 5.02 Å². The third-order valence-corrected chi connectivity index (χ3v) is 2.77. The SMILES string of the molecule is COC(=O)[C@@H]1N=CO[C@H]1c1c(F)cccc1Cl. The largest absolute Gasteiger partial charge is 0.473 e. The van der Waals surface area contributed by atoms with E-state index in [0.29, 0.717) is 0 Å². The van der Waals surface area contributed by atoms with Crippen molar-refractivity contribution in [3.05, 3.63) is 34.6 Å². The van der Waals surface area contributed by atoms with Gasteiger partial charge in [0.2, 0.25) is 0 Å². The van der Waals surface area contributed by atoms with Crippen LogP contribution in [0.3, 0.4) is 0 Å². The van der Waals surface area contributed by atoms with Gasteiger partial charge in [0.15, 0.2) is 18.5 Å². The van der Waals surface area contributed by atoms with E-state index in [4.69, 9.17) is 16.3 Å². The van der Waals surface area contributed by atoms with Gasteiger partial charge in [0, 0.05) is 5.56 Å². The highest BCUT2D eigenvalue weighted by Crippen LogP contribution is 2.34. The first-order chi connectivity index (χ1) is 8.15. The molecule has 0 aliphatic carbocycles. The van der Waals surface area contributed by atoms with Gasteiger partial charge in [0.1, 0.15) is 5.82 Å². The fourth-order valence-corrected chi connectivity index (χ4v) is 1.90. The van der Waals surface area contributed by atoms with Crippen LogP contribution in [0, 0.1) is 5.82 Å². The van der Waals surface area contributed by atoms with Crippen molar-refractivity contribution in [2.45, 2.75) is 12.1 Å². The smallest absolute Gasteiger partial charge is 0.334 e. The predicted molar refractivity (Wildman–Crippen MR) is 59.5 cm³/mol. The van der Waals surface area contributed by atoms with Gasteiger partial charge < -0.3 is 9.47 Å². The van der Waals surface area contributed by atoms with Crippen molar-refractivity contribution in [2.24, 2.45) is 4.99 Å². The first kappa shape index (κ1) is 11.9. The summed E-state index contributed by atoms with van der Waals surface area (Å²) in [7, 11) is 1.23. The van der Waals surface area contributed by atoms with Gasteiger partial charge in [-0.2, -0.15) is 0 Å². The van der Waals surface area contributed by atoms with Gasteiger partial charge in [-0.25, -0.2) is 14.2 Å². The second-order valence-electron chi connectivity index (χ2n) is 3.41. The third kappa shape index (κ3) is 2.10.